The Morgan fingerprint density at radius 2 is 1.20 bits per heavy atom. The van der Waals surface area contributed by atoms with Crippen LogP contribution in [0.2, 0.25) is 0 Å². The molecule has 0 aliphatic carbocycles. The zero-order valence-electron chi connectivity index (χ0n) is 26.1. The second-order valence-electron chi connectivity index (χ2n) is 11.1. The molecule has 0 fully saturated rings. The van der Waals surface area contributed by atoms with Gasteiger partial charge in [-0.15, -0.1) is 22.7 Å². The summed E-state index contributed by atoms with van der Waals surface area (Å²) in [6.07, 6.45) is 1.16. The average molecular weight is 711 g/mol. The molecule has 0 bridgehead atoms. The molecule has 0 spiro atoms. The zero-order valence-corrected chi connectivity index (χ0v) is 27.7. The molecule has 13 heteroatoms. The van der Waals surface area contributed by atoms with Crippen molar-refractivity contribution in [1.82, 2.24) is 9.97 Å². The molecular weight excluding hydrogens is 689 g/mol. The van der Waals surface area contributed by atoms with Gasteiger partial charge in [-0.1, -0.05) is 24.3 Å². The van der Waals surface area contributed by atoms with Crippen LogP contribution < -0.4 is 26.2 Å². The summed E-state index contributed by atoms with van der Waals surface area (Å²) in [4.78, 5) is 59.8. The zero-order chi connectivity index (χ0) is 34.9. The van der Waals surface area contributed by atoms with Gasteiger partial charge in [-0.05, 0) is 72.8 Å². The number of hydrogen-bond donors (Lipinski definition) is 2. The van der Waals surface area contributed by atoms with Crippen LogP contribution in [0, 0.1) is 0 Å². The molecular formula is C38H22N4O7S2. The van der Waals surface area contributed by atoms with E-state index in [9.17, 15) is 19.2 Å². The summed E-state index contributed by atoms with van der Waals surface area (Å²) in [7, 11) is 0. The van der Waals surface area contributed by atoms with Crippen LogP contribution in [0.15, 0.2) is 139 Å². The molecule has 4 aromatic heterocycles. The van der Waals surface area contributed by atoms with Crippen molar-refractivity contribution in [1.29, 1.82) is 0 Å². The highest BCUT2D eigenvalue weighted by molar-refractivity contribution is 7.14. The number of rotatable bonds is 8. The Morgan fingerprint density at radius 3 is 1.82 bits per heavy atom. The molecule has 11 nitrogen and oxygen atoms in total. The molecule has 51 heavy (non-hydrogen) atoms. The van der Waals surface area contributed by atoms with Crippen molar-refractivity contribution < 1.29 is 23.2 Å². The topological polar surface area (TPSA) is 154 Å². The summed E-state index contributed by atoms with van der Waals surface area (Å²) in [6, 6.07) is 29.4. The number of carbonyl (C=O) groups excluding carboxylic acids is 2. The number of nitrogens with one attached hydrogen (secondary N) is 2. The molecule has 0 aliphatic rings. The van der Waals surface area contributed by atoms with Crippen molar-refractivity contribution in [2.24, 2.45) is 0 Å². The summed E-state index contributed by atoms with van der Waals surface area (Å²) in [6.45, 7) is 0. The molecule has 0 unspecified atom stereocenters. The molecule has 0 saturated heterocycles. The average Bonchev–Trinajstić information content (AvgIpc) is 3.82. The van der Waals surface area contributed by atoms with Crippen molar-refractivity contribution in [3.8, 4) is 34.0 Å². The third kappa shape index (κ3) is 6.54. The molecule has 4 heterocycles. The monoisotopic (exact) mass is 710 g/mol. The van der Waals surface area contributed by atoms with E-state index in [-0.39, 0.29) is 16.8 Å². The normalized spacial score (nSPS) is 11.1. The number of ether oxygens (including phenoxy) is 1. The number of amides is 2. The Morgan fingerprint density at radius 1 is 0.647 bits per heavy atom. The summed E-state index contributed by atoms with van der Waals surface area (Å²) >= 11 is 2.49. The Bertz CT molecular complexity index is 2710. The Hall–Kier alpha value is -6.70. The first-order valence-corrected chi connectivity index (χ1v) is 17.1. The van der Waals surface area contributed by atoms with E-state index in [4.69, 9.17) is 13.6 Å². The first kappa shape index (κ1) is 31.6. The number of para-hydroxylation sites is 2. The van der Waals surface area contributed by atoms with Gasteiger partial charge in [0.2, 0.25) is 5.43 Å². The van der Waals surface area contributed by atoms with E-state index in [0.717, 1.165) is 17.4 Å². The first-order chi connectivity index (χ1) is 24.9. The van der Waals surface area contributed by atoms with E-state index < -0.39 is 17.2 Å². The number of aromatic nitrogens is 2. The van der Waals surface area contributed by atoms with Gasteiger partial charge in [-0.25, -0.2) is 9.97 Å². The van der Waals surface area contributed by atoms with Crippen LogP contribution in [0.4, 0.5) is 10.3 Å². The smallest absolute Gasteiger partial charge is 0.293 e. The summed E-state index contributed by atoms with van der Waals surface area (Å²) < 4.78 is 17.1. The van der Waals surface area contributed by atoms with Crippen molar-refractivity contribution in [3.63, 3.8) is 0 Å². The highest BCUT2D eigenvalue weighted by Gasteiger charge is 2.17. The maximum Gasteiger partial charge on any atom is 0.293 e. The standard InChI is InChI=1S/C38H22N4O7S2/c43-30-17-33(49-32-8-4-1-5-25(30)32)36(46)42-38-40-29(20-51-38)22-11-15-24(16-12-22)48-23-13-9-21(10-14-23)28-19-50-37(39-28)41-35(45)27-18-47-31-7-3-2-6-26(31)34(27)44/h1-20H,(H,39,41,45)(H,40,42,46). The molecule has 0 saturated carbocycles. The van der Waals surface area contributed by atoms with Crippen molar-refractivity contribution in [3.05, 3.63) is 152 Å². The van der Waals surface area contributed by atoms with Gasteiger partial charge in [-0.2, -0.15) is 0 Å². The molecule has 0 atom stereocenters. The fraction of sp³-hybridized carbons (Fsp3) is 0. The third-order valence-corrected chi connectivity index (χ3v) is 9.28. The van der Waals surface area contributed by atoms with Crippen molar-refractivity contribution in [2.45, 2.75) is 0 Å². The quantitative estimate of drug-likeness (QED) is 0.158. The highest BCUT2D eigenvalue weighted by atomic mass is 32.1. The van der Waals surface area contributed by atoms with E-state index >= 15 is 0 Å². The van der Waals surface area contributed by atoms with Crippen molar-refractivity contribution in [2.75, 3.05) is 10.6 Å². The first-order valence-electron chi connectivity index (χ1n) is 15.3. The number of fused-ring (bicyclic) bond motifs is 2. The predicted octanol–water partition coefficient (Wildman–Crippen LogP) is 8.44. The van der Waals surface area contributed by atoms with E-state index in [2.05, 4.69) is 20.6 Å². The van der Waals surface area contributed by atoms with Crippen LogP contribution >= 0.6 is 22.7 Å². The number of thiazole rings is 2. The highest BCUT2D eigenvalue weighted by Crippen LogP contribution is 2.31. The lowest BCUT2D eigenvalue weighted by molar-refractivity contribution is 0.0994. The lowest BCUT2D eigenvalue weighted by Gasteiger charge is -2.07. The summed E-state index contributed by atoms with van der Waals surface area (Å²) in [5, 5.41) is 10.4. The van der Waals surface area contributed by atoms with Crippen molar-refractivity contribution >= 4 is 66.7 Å². The number of nitrogens with zero attached hydrogens (tertiary/aromatic N) is 2. The largest absolute Gasteiger partial charge is 0.463 e. The van der Waals surface area contributed by atoms with Gasteiger partial charge < -0.3 is 13.6 Å². The third-order valence-electron chi connectivity index (χ3n) is 7.77. The van der Waals surface area contributed by atoms with E-state index in [1.165, 1.54) is 28.7 Å². The summed E-state index contributed by atoms with van der Waals surface area (Å²) in [5.74, 6) is -0.0431. The van der Waals surface area contributed by atoms with Gasteiger partial charge in [0.1, 0.15) is 34.5 Å². The van der Waals surface area contributed by atoms with Crippen LogP contribution in [0.3, 0.4) is 0 Å². The molecule has 2 amide bonds. The SMILES string of the molecule is O=C(Nc1nc(-c2ccc(Oc3ccc(-c4csc(NC(=O)c5coc6ccccc6c5=O)n4)cc3)cc2)cs1)c1cc(=O)c2ccccc2o1. The predicted molar refractivity (Wildman–Crippen MR) is 196 cm³/mol. The minimum atomic E-state index is -0.597. The Balaban J connectivity index is 0.885. The number of benzene rings is 4. The number of carbonyl (C=O) groups is 2. The van der Waals surface area contributed by atoms with Gasteiger partial charge in [0, 0.05) is 28.0 Å². The fourth-order valence-electron chi connectivity index (χ4n) is 5.22. The van der Waals surface area contributed by atoms with Crippen LogP contribution in [-0.2, 0) is 0 Å². The maximum absolute atomic E-state index is 12.8. The molecule has 0 aliphatic heterocycles. The number of hydrogen-bond acceptors (Lipinski definition) is 11. The molecule has 8 aromatic rings. The Kier molecular flexibility index (Phi) is 8.24. The molecule has 8 rings (SSSR count). The van der Waals surface area contributed by atoms with E-state index in [1.54, 1.807) is 48.5 Å². The second-order valence-corrected chi connectivity index (χ2v) is 12.8. The minimum absolute atomic E-state index is 0.0977. The van der Waals surface area contributed by atoms with Crippen LogP contribution in [0.25, 0.3) is 44.5 Å². The van der Waals surface area contributed by atoms with Gasteiger partial charge in [-0.3, -0.25) is 29.8 Å². The molecule has 0 radical (unpaired) electrons. The van der Waals surface area contributed by atoms with Gasteiger partial charge in [0.05, 0.1) is 22.2 Å². The van der Waals surface area contributed by atoms with E-state index in [1.807, 2.05) is 59.3 Å². The van der Waals surface area contributed by atoms with Gasteiger partial charge in [0.15, 0.2) is 21.5 Å². The summed E-state index contributed by atoms with van der Waals surface area (Å²) in [5.41, 5.74) is 2.87. The van der Waals surface area contributed by atoms with E-state index in [0.29, 0.717) is 55.1 Å². The van der Waals surface area contributed by atoms with Crippen LogP contribution in [-0.4, -0.2) is 21.8 Å². The van der Waals surface area contributed by atoms with Gasteiger partial charge >= 0.3 is 0 Å². The minimum Gasteiger partial charge on any atom is -0.463 e. The Labute approximate surface area is 295 Å². The molecule has 4 aromatic carbocycles. The van der Waals surface area contributed by atoms with Gasteiger partial charge in [0.25, 0.3) is 11.8 Å². The lowest BCUT2D eigenvalue weighted by atomic mass is 10.1. The van der Waals surface area contributed by atoms with Crippen LogP contribution in [0.1, 0.15) is 20.9 Å². The maximum atomic E-state index is 12.8. The lowest BCUT2D eigenvalue weighted by Crippen LogP contribution is -2.21. The van der Waals surface area contributed by atoms with Crippen LogP contribution in [0.5, 0.6) is 11.5 Å². The number of anilines is 2. The molecule has 2 N–H and O–H groups in total. The molecule has 248 valence electrons. The second kappa shape index (κ2) is 13.3. The fourth-order valence-corrected chi connectivity index (χ4v) is 6.65.